The third-order valence-electron chi connectivity index (χ3n) is 2.73. The van der Waals surface area contributed by atoms with E-state index in [1.54, 1.807) is 54.6 Å². The van der Waals surface area contributed by atoms with Crippen LogP contribution in [-0.4, -0.2) is 12.0 Å². The number of ether oxygens (including phenoxy) is 2. The summed E-state index contributed by atoms with van der Waals surface area (Å²) in [7, 11) is 0. The number of primary amides is 1. The lowest BCUT2D eigenvalue weighted by atomic mass is 10.3. The number of nitrogens with two attached hydrogens (primary N) is 1. The van der Waals surface area contributed by atoms with Gasteiger partial charge in [0.2, 0.25) is 5.91 Å². The Labute approximate surface area is 134 Å². The molecule has 0 heterocycles. The first-order chi connectivity index (χ1) is 10.5. The second-order valence-corrected chi connectivity index (χ2v) is 5.05. The van der Waals surface area contributed by atoms with Crippen LogP contribution in [0.5, 0.6) is 17.2 Å². The van der Waals surface area contributed by atoms with Gasteiger partial charge in [0, 0.05) is 11.1 Å². The second-order valence-electron chi connectivity index (χ2n) is 4.61. The standard InChI is InChI=1S/C17H16ClNO3/c1-12(2-11-17(19)20)21-14-7-9-16(10-8-14)22-15-5-3-13(18)4-6-15/h2-12H,1H3,(H2,19,20). The van der Waals surface area contributed by atoms with Crippen LogP contribution in [0.15, 0.2) is 60.7 Å². The van der Waals surface area contributed by atoms with Gasteiger partial charge in [-0.3, -0.25) is 4.79 Å². The molecule has 2 N–H and O–H groups in total. The lowest BCUT2D eigenvalue weighted by Gasteiger charge is -2.11. The van der Waals surface area contributed by atoms with Gasteiger partial charge in [0.05, 0.1) is 0 Å². The number of carbonyl (C=O) groups is 1. The zero-order chi connectivity index (χ0) is 15.9. The van der Waals surface area contributed by atoms with Crippen LogP contribution in [0, 0.1) is 0 Å². The normalized spacial score (nSPS) is 12.1. The lowest BCUT2D eigenvalue weighted by molar-refractivity contribution is -0.113. The third kappa shape index (κ3) is 5.14. The zero-order valence-corrected chi connectivity index (χ0v) is 12.8. The first-order valence-electron chi connectivity index (χ1n) is 6.71. The number of rotatable bonds is 6. The molecule has 1 amide bonds. The van der Waals surface area contributed by atoms with Gasteiger partial charge in [-0.2, -0.15) is 0 Å². The summed E-state index contributed by atoms with van der Waals surface area (Å²) in [6.45, 7) is 1.82. The zero-order valence-electron chi connectivity index (χ0n) is 12.0. The van der Waals surface area contributed by atoms with Gasteiger partial charge < -0.3 is 15.2 Å². The molecular weight excluding hydrogens is 302 g/mol. The Morgan fingerprint density at radius 1 is 1.05 bits per heavy atom. The van der Waals surface area contributed by atoms with Crippen molar-refractivity contribution in [3.05, 3.63) is 65.7 Å². The minimum absolute atomic E-state index is 0.254. The molecular formula is C17H16ClNO3. The fourth-order valence-corrected chi connectivity index (χ4v) is 1.84. The van der Waals surface area contributed by atoms with Crippen molar-refractivity contribution < 1.29 is 14.3 Å². The van der Waals surface area contributed by atoms with Crippen molar-refractivity contribution in [2.75, 3.05) is 0 Å². The Kier molecular flexibility index (Phi) is 5.44. The lowest BCUT2D eigenvalue weighted by Crippen LogP contribution is -2.11. The largest absolute Gasteiger partial charge is 0.487 e. The molecule has 0 spiro atoms. The van der Waals surface area contributed by atoms with E-state index in [1.165, 1.54) is 6.08 Å². The highest BCUT2D eigenvalue weighted by molar-refractivity contribution is 6.30. The number of hydrogen-bond acceptors (Lipinski definition) is 3. The van der Waals surface area contributed by atoms with Crippen molar-refractivity contribution in [2.45, 2.75) is 13.0 Å². The highest BCUT2D eigenvalue weighted by Gasteiger charge is 2.02. The van der Waals surface area contributed by atoms with E-state index in [-0.39, 0.29) is 6.10 Å². The molecule has 0 radical (unpaired) electrons. The van der Waals surface area contributed by atoms with E-state index in [4.69, 9.17) is 26.8 Å². The molecule has 4 nitrogen and oxygen atoms in total. The van der Waals surface area contributed by atoms with Crippen molar-refractivity contribution in [3.8, 4) is 17.2 Å². The maximum absolute atomic E-state index is 10.7. The molecule has 114 valence electrons. The van der Waals surface area contributed by atoms with Crippen LogP contribution in [0.25, 0.3) is 0 Å². The van der Waals surface area contributed by atoms with Gasteiger partial charge in [-0.15, -0.1) is 0 Å². The highest BCUT2D eigenvalue weighted by Crippen LogP contribution is 2.25. The summed E-state index contributed by atoms with van der Waals surface area (Å²) < 4.78 is 11.3. The fourth-order valence-electron chi connectivity index (χ4n) is 1.71. The molecule has 0 saturated carbocycles. The molecule has 1 unspecified atom stereocenters. The van der Waals surface area contributed by atoms with Crippen LogP contribution >= 0.6 is 11.6 Å². The summed E-state index contributed by atoms with van der Waals surface area (Å²) in [6, 6.07) is 14.3. The molecule has 22 heavy (non-hydrogen) atoms. The summed E-state index contributed by atoms with van der Waals surface area (Å²) in [5, 5.41) is 0.661. The average molecular weight is 318 g/mol. The number of halogens is 1. The van der Waals surface area contributed by atoms with E-state index in [0.717, 1.165) is 0 Å². The molecule has 0 saturated heterocycles. The van der Waals surface area contributed by atoms with E-state index >= 15 is 0 Å². The molecule has 0 aliphatic carbocycles. The first kappa shape index (κ1) is 15.9. The van der Waals surface area contributed by atoms with E-state index in [1.807, 2.05) is 6.92 Å². The van der Waals surface area contributed by atoms with Gasteiger partial charge in [-0.05, 0) is 61.5 Å². The maximum Gasteiger partial charge on any atom is 0.241 e. The quantitative estimate of drug-likeness (QED) is 0.821. The Balaban J connectivity index is 1.95. The van der Waals surface area contributed by atoms with Gasteiger partial charge in [0.15, 0.2) is 0 Å². The molecule has 2 rings (SSSR count). The molecule has 0 aliphatic rings. The van der Waals surface area contributed by atoms with Gasteiger partial charge in [-0.1, -0.05) is 11.6 Å². The topological polar surface area (TPSA) is 61.6 Å². The SMILES string of the molecule is CC(C=CC(N)=O)Oc1ccc(Oc2ccc(Cl)cc2)cc1. The van der Waals surface area contributed by atoms with Gasteiger partial charge in [0.25, 0.3) is 0 Å². The van der Waals surface area contributed by atoms with Crippen LogP contribution in [0.2, 0.25) is 5.02 Å². The summed E-state index contributed by atoms with van der Waals surface area (Å²) in [6.07, 6.45) is 2.62. The van der Waals surface area contributed by atoms with E-state index in [2.05, 4.69) is 0 Å². The summed E-state index contributed by atoms with van der Waals surface area (Å²) in [5.41, 5.74) is 5.03. The number of benzene rings is 2. The Hall–Kier alpha value is -2.46. The van der Waals surface area contributed by atoms with E-state index in [9.17, 15) is 4.79 Å². The second kappa shape index (κ2) is 7.52. The van der Waals surface area contributed by atoms with Crippen molar-refractivity contribution in [1.29, 1.82) is 0 Å². The number of amides is 1. The van der Waals surface area contributed by atoms with Crippen LogP contribution in [0.4, 0.5) is 0 Å². The average Bonchev–Trinajstić information content (AvgIpc) is 2.49. The van der Waals surface area contributed by atoms with Gasteiger partial charge in [-0.25, -0.2) is 0 Å². The smallest absolute Gasteiger partial charge is 0.241 e. The van der Waals surface area contributed by atoms with Crippen LogP contribution in [0.3, 0.4) is 0 Å². The molecule has 0 aliphatic heterocycles. The van der Waals surface area contributed by atoms with E-state index < -0.39 is 5.91 Å². The summed E-state index contributed by atoms with van der Waals surface area (Å²) in [5.74, 6) is 1.57. The van der Waals surface area contributed by atoms with Gasteiger partial charge >= 0.3 is 0 Å². The van der Waals surface area contributed by atoms with Crippen molar-refractivity contribution in [1.82, 2.24) is 0 Å². The summed E-state index contributed by atoms with van der Waals surface area (Å²) >= 11 is 5.82. The van der Waals surface area contributed by atoms with Gasteiger partial charge in [0.1, 0.15) is 23.4 Å². The fraction of sp³-hybridized carbons (Fsp3) is 0.118. The predicted molar refractivity (Wildman–Crippen MR) is 86.4 cm³/mol. The Morgan fingerprint density at radius 2 is 1.55 bits per heavy atom. The van der Waals surface area contributed by atoms with Crippen LogP contribution < -0.4 is 15.2 Å². The maximum atomic E-state index is 10.7. The predicted octanol–water partition coefficient (Wildman–Crippen LogP) is 3.94. The molecule has 5 heteroatoms. The molecule has 1 atom stereocenters. The molecule has 0 aromatic heterocycles. The molecule has 2 aromatic carbocycles. The van der Waals surface area contributed by atoms with Crippen molar-refractivity contribution in [2.24, 2.45) is 5.73 Å². The first-order valence-corrected chi connectivity index (χ1v) is 7.08. The summed E-state index contributed by atoms with van der Waals surface area (Å²) in [4.78, 5) is 10.7. The Bertz CT molecular complexity index is 651. The molecule has 2 aromatic rings. The molecule has 0 bridgehead atoms. The third-order valence-corrected chi connectivity index (χ3v) is 2.98. The molecule has 0 fully saturated rings. The van der Waals surface area contributed by atoms with Crippen LogP contribution in [-0.2, 0) is 4.79 Å². The minimum atomic E-state index is -0.498. The number of hydrogen-bond donors (Lipinski definition) is 1. The minimum Gasteiger partial charge on any atom is -0.487 e. The number of carbonyl (C=O) groups excluding carboxylic acids is 1. The Morgan fingerprint density at radius 3 is 2.09 bits per heavy atom. The monoisotopic (exact) mass is 317 g/mol. The van der Waals surface area contributed by atoms with E-state index in [0.29, 0.717) is 22.3 Å². The highest BCUT2D eigenvalue weighted by atomic mass is 35.5. The van der Waals surface area contributed by atoms with Crippen molar-refractivity contribution in [3.63, 3.8) is 0 Å². The van der Waals surface area contributed by atoms with Crippen LogP contribution in [0.1, 0.15) is 6.92 Å². The van der Waals surface area contributed by atoms with Crippen molar-refractivity contribution >= 4 is 17.5 Å².